The summed E-state index contributed by atoms with van der Waals surface area (Å²) in [6.07, 6.45) is 5.32. The minimum Gasteiger partial charge on any atom is -0.312 e. The molecule has 0 radical (unpaired) electrons. The van der Waals surface area contributed by atoms with Crippen LogP contribution in [0.25, 0.3) is 0 Å². The summed E-state index contributed by atoms with van der Waals surface area (Å²) in [4.78, 5) is 12.3. The molecule has 1 aliphatic heterocycles. The average Bonchev–Trinajstić information content (AvgIpc) is 3.45. The quantitative estimate of drug-likeness (QED) is 0.761. The lowest BCUT2D eigenvalue weighted by Gasteiger charge is -2.28. The molecule has 0 unspecified atom stereocenters. The molecule has 1 aromatic carbocycles. The molecule has 2 aliphatic rings. The normalized spacial score (nSPS) is 18.3. The zero-order chi connectivity index (χ0) is 19.4. The molecule has 0 saturated heterocycles. The molecule has 0 amide bonds. The van der Waals surface area contributed by atoms with Crippen molar-refractivity contribution in [3.05, 3.63) is 58.0 Å². The van der Waals surface area contributed by atoms with Crippen molar-refractivity contribution in [3.8, 4) is 0 Å². The maximum atomic E-state index is 13.0. The highest BCUT2D eigenvalue weighted by molar-refractivity contribution is 7.90. The first-order valence-electron chi connectivity index (χ1n) is 8.70. The standard InChI is InChI=1S/C18H20N2O5S2/c1-26(22,23)16-4-6-17(7-5-16)27(24,25)19-9-8-13-10-18(21)20(15-2-3-15)12-14(13)11-19/h4-7,10,12,15H,2-3,8-9,11H2,1H3. The molecule has 144 valence electrons. The van der Waals surface area contributed by atoms with E-state index in [1.165, 1.54) is 28.6 Å². The summed E-state index contributed by atoms with van der Waals surface area (Å²) in [5.41, 5.74) is 1.73. The molecule has 0 spiro atoms. The van der Waals surface area contributed by atoms with E-state index in [-0.39, 0.29) is 34.5 Å². The van der Waals surface area contributed by atoms with E-state index in [1.807, 2.05) is 0 Å². The molecule has 1 aromatic heterocycles. The fourth-order valence-corrected chi connectivity index (χ4v) is 5.42. The second kappa shape index (κ2) is 6.29. The van der Waals surface area contributed by atoms with Crippen LogP contribution >= 0.6 is 0 Å². The van der Waals surface area contributed by atoms with E-state index in [0.29, 0.717) is 6.42 Å². The number of fused-ring (bicyclic) bond motifs is 1. The Hall–Kier alpha value is -1.97. The minimum absolute atomic E-state index is 0.0241. The number of sulfone groups is 1. The monoisotopic (exact) mass is 408 g/mol. The van der Waals surface area contributed by atoms with E-state index in [2.05, 4.69) is 0 Å². The largest absolute Gasteiger partial charge is 0.312 e. The third kappa shape index (κ3) is 3.46. The minimum atomic E-state index is -3.74. The van der Waals surface area contributed by atoms with Crippen molar-refractivity contribution < 1.29 is 16.8 Å². The number of aromatic nitrogens is 1. The van der Waals surface area contributed by atoms with Gasteiger partial charge >= 0.3 is 0 Å². The lowest BCUT2D eigenvalue weighted by atomic mass is 10.0. The highest BCUT2D eigenvalue weighted by atomic mass is 32.2. The number of rotatable bonds is 4. The van der Waals surface area contributed by atoms with Gasteiger partial charge in [-0.1, -0.05) is 0 Å². The van der Waals surface area contributed by atoms with E-state index < -0.39 is 19.9 Å². The molecule has 2 aromatic rings. The fourth-order valence-electron chi connectivity index (χ4n) is 3.37. The molecular weight excluding hydrogens is 388 g/mol. The van der Waals surface area contributed by atoms with Crippen LogP contribution in [0, 0.1) is 0 Å². The van der Waals surface area contributed by atoms with Crippen molar-refractivity contribution in [2.45, 2.75) is 41.6 Å². The Morgan fingerprint density at radius 2 is 1.59 bits per heavy atom. The SMILES string of the molecule is CS(=O)(=O)c1ccc(S(=O)(=O)N2CCc3cc(=O)n(C4CC4)cc3C2)cc1. The summed E-state index contributed by atoms with van der Waals surface area (Å²) in [7, 11) is -7.13. The molecule has 9 heteroatoms. The summed E-state index contributed by atoms with van der Waals surface area (Å²) in [5, 5.41) is 0. The second-order valence-corrected chi connectivity index (χ2v) is 11.1. The molecule has 4 rings (SSSR count). The van der Waals surface area contributed by atoms with Gasteiger partial charge in [-0.2, -0.15) is 4.31 Å². The van der Waals surface area contributed by atoms with Crippen molar-refractivity contribution in [3.63, 3.8) is 0 Å². The summed E-state index contributed by atoms with van der Waals surface area (Å²) < 4.78 is 52.1. The van der Waals surface area contributed by atoms with Gasteiger partial charge in [0.1, 0.15) is 0 Å². The van der Waals surface area contributed by atoms with Crippen LogP contribution in [0.3, 0.4) is 0 Å². The van der Waals surface area contributed by atoms with Gasteiger partial charge in [0, 0.05) is 37.7 Å². The van der Waals surface area contributed by atoms with Crippen LogP contribution in [-0.2, 0) is 32.8 Å². The van der Waals surface area contributed by atoms with Crippen LogP contribution in [0.2, 0.25) is 0 Å². The Morgan fingerprint density at radius 3 is 2.19 bits per heavy atom. The summed E-state index contributed by atoms with van der Waals surface area (Å²) >= 11 is 0. The van der Waals surface area contributed by atoms with Crippen molar-refractivity contribution in [1.82, 2.24) is 8.87 Å². The molecule has 7 nitrogen and oxygen atoms in total. The molecule has 0 bridgehead atoms. The Labute approximate surface area is 158 Å². The van der Waals surface area contributed by atoms with Crippen molar-refractivity contribution in [1.29, 1.82) is 0 Å². The first-order chi connectivity index (χ1) is 12.7. The van der Waals surface area contributed by atoms with Gasteiger partial charge < -0.3 is 4.57 Å². The molecule has 27 heavy (non-hydrogen) atoms. The number of nitrogens with zero attached hydrogens (tertiary/aromatic N) is 2. The summed E-state index contributed by atoms with van der Waals surface area (Å²) in [6, 6.07) is 7.13. The lowest BCUT2D eigenvalue weighted by molar-refractivity contribution is 0.388. The van der Waals surface area contributed by atoms with E-state index in [4.69, 9.17) is 0 Å². The summed E-state index contributed by atoms with van der Waals surface area (Å²) in [6.45, 7) is 0.495. The van der Waals surface area contributed by atoms with Crippen molar-refractivity contribution in [2.24, 2.45) is 0 Å². The van der Waals surface area contributed by atoms with Crippen molar-refractivity contribution in [2.75, 3.05) is 12.8 Å². The Morgan fingerprint density at radius 1 is 0.963 bits per heavy atom. The molecule has 2 heterocycles. The van der Waals surface area contributed by atoms with E-state index >= 15 is 0 Å². The highest BCUT2D eigenvalue weighted by Crippen LogP contribution is 2.34. The number of pyridine rings is 1. The molecule has 0 N–H and O–H groups in total. The van der Waals surface area contributed by atoms with Gasteiger partial charge in [-0.15, -0.1) is 0 Å². The Kier molecular flexibility index (Phi) is 4.28. The number of hydrogen-bond acceptors (Lipinski definition) is 5. The topological polar surface area (TPSA) is 93.5 Å². The van der Waals surface area contributed by atoms with Gasteiger partial charge in [0.15, 0.2) is 9.84 Å². The fraction of sp³-hybridized carbons (Fsp3) is 0.389. The van der Waals surface area contributed by atoms with E-state index in [1.54, 1.807) is 16.8 Å². The lowest BCUT2D eigenvalue weighted by Crippen LogP contribution is -2.37. The third-order valence-electron chi connectivity index (χ3n) is 5.07. The second-order valence-electron chi connectivity index (χ2n) is 7.13. The zero-order valence-electron chi connectivity index (χ0n) is 14.8. The Balaban J connectivity index is 1.64. The zero-order valence-corrected chi connectivity index (χ0v) is 16.5. The van der Waals surface area contributed by atoms with Crippen LogP contribution in [0.15, 0.2) is 51.1 Å². The van der Waals surface area contributed by atoms with Crippen LogP contribution < -0.4 is 5.56 Å². The van der Waals surface area contributed by atoms with Gasteiger partial charge in [-0.25, -0.2) is 16.8 Å². The highest BCUT2D eigenvalue weighted by Gasteiger charge is 2.31. The van der Waals surface area contributed by atoms with Gasteiger partial charge in [0.05, 0.1) is 9.79 Å². The first-order valence-corrected chi connectivity index (χ1v) is 12.0. The molecule has 1 aliphatic carbocycles. The van der Waals surface area contributed by atoms with Gasteiger partial charge in [0.2, 0.25) is 10.0 Å². The van der Waals surface area contributed by atoms with Crippen molar-refractivity contribution >= 4 is 19.9 Å². The van der Waals surface area contributed by atoms with E-state index in [9.17, 15) is 21.6 Å². The van der Waals surface area contributed by atoms with Crippen LogP contribution in [0.1, 0.15) is 30.0 Å². The number of hydrogen-bond donors (Lipinski definition) is 0. The van der Waals surface area contributed by atoms with Crippen LogP contribution in [0.5, 0.6) is 0 Å². The number of sulfonamides is 1. The Bertz CT molecular complexity index is 1160. The van der Waals surface area contributed by atoms with E-state index in [0.717, 1.165) is 30.2 Å². The third-order valence-corrected chi connectivity index (χ3v) is 8.05. The van der Waals surface area contributed by atoms with Crippen LogP contribution in [-0.4, -0.2) is 38.5 Å². The molecule has 1 saturated carbocycles. The molecule has 0 atom stereocenters. The maximum Gasteiger partial charge on any atom is 0.251 e. The maximum absolute atomic E-state index is 13.0. The molecular formula is C18H20N2O5S2. The summed E-state index contributed by atoms with van der Waals surface area (Å²) in [5.74, 6) is 0. The smallest absolute Gasteiger partial charge is 0.251 e. The van der Waals surface area contributed by atoms with Gasteiger partial charge in [-0.3, -0.25) is 4.79 Å². The predicted octanol–water partition coefficient (Wildman–Crippen LogP) is 1.33. The first kappa shape index (κ1) is 18.4. The number of benzene rings is 1. The van der Waals surface area contributed by atoms with Gasteiger partial charge in [-0.05, 0) is 54.7 Å². The predicted molar refractivity (Wildman–Crippen MR) is 99.8 cm³/mol. The van der Waals surface area contributed by atoms with Gasteiger partial charge in [0.25, 0.3) is 5.56 Å². The molecule has 1 fully saturated rings. The van der Waals surface area contributed by atoms with Crippen LogP contribution in [0.4, 0.5) is 0 Å². The average molecular weight is 409 g/mol.